The molecule has 0 fully saturated rings. The summed E-state index contributed by atoms with van der Waals surface area (Å²) in [7, 11) is 1.65. The average Bonchev–Trinajstić information content (AvgIpc) is 2.43. The predicted octanol–water partition coefficient (Wildman–Crippen LogP) is 2.96. The van der Waals surface area contributed by atoms with Gasteiger partial charge in [0.15, 0.2) is 3.95 Å². The first kappa shape index (κ1) is 10.7. The number of ether oxygens (including phenoxy) is 1. The number of aromatic amines is 1. The fourth-order valence-electron chi connectivity index (χ4n) is 1.06. The number of hydrogen-bond acceptors (Lipinski definition) is 3. The molecule has 0 spiro atoms. The maximum atomic E-state index is 5.08. The molecular weight excluding hydrogens is 254 g/mol. The number of rotatable bonds is 1. The fraction of sp³-hybridized carbons (Fsp3) is 0.125. The summed E-state index contributed by atoms with van der Waals surface area (Å²) < 4.78 is 7.05. The molecule has 0 aliphatic rings. The molecule has 73 valence electrons. The van der Waals surface area contributed by atoms with Gasteiger partial charge in [-0.2, -0.15) is 0 Å². The summed E-state index contributed by atoms with van der Waals surface area (Å²) in [6, 6.07) is 5.88. The number of H-pyrrole nitrogens is 1. The number of nitrogens with one attached hydrogen (secondary N) is 1. The van der Waals surface area contributed by atoms with Gasteiger partial charge < -0.3 is 9.72 Å². The molecule has 0 aliphatic heterocycles. The summed E-state index contributed by atoms with van der Waals surface area (Å²) in [6.45, 7) is 0. The molecule has 1 heterocycles. The molecule has 1 aromatic heterocycles. The maximum Gasteiger partial charge on any atom is 0.159 e. The van der Waals surface area contributed by atoms with E-state index in [1.54, 1.807) is 18.4 Å². The van der Waals surface area contributed by atoms with Crippen molar-refractivity contribution in [1.82, 2.24) is 4.98 Å². The molecule has 0 atom stereocenters. The van der Waals surface area contributed by atoms with Gasteiger partial charge in [-0.15, -0.1) is 11.3 Å². The van der Waals surface area contributed by atoms with E-state index in [1.165, 1.54) is 4.70 Å². The summed E-state index contributed by atoms with van der Waals surface area (Å²) >= 11 is 6.59. The van der Waals surface area contributed by atoms with E-state index in [9.17, 15) is 0 Å². The third kappa shape index (κ3) is 2.11. The molecule has 0 unspecified atom stereocenters. The van der Waals surface area contributed by atoms with Gasteiger partial charge in [-0.25, -0.2) is 0 Å². The first-order valence-corrected chi connectivity index (χ1v) is 4.69. The number of fused-ring (bicyclic) bond motifs is 1. The second-order valence-corrected chi connectivity index (χ2v) is 4.10. The van der Waals surface area contributed by atoms with E-state index in [0.717, 1.165) is 15.2 Å². The Bertz CT molecular complexity index is 462. The Morgan fingerprint density at radius 1 is 1.46 bits per heavy atom. The van der Waals surface area contributed by atoms with Crippen molar-refractivity contribution in [3.05, 3.63) is 22.2 Å². The van der Waals surface area contributed by atoms with E-state index in [4.69, 9.17) is 17.0 Å². The topological polar surface area (TPSA) is 25.0 Å². The van der Waals surface area contributed by atoms with Crippen LogP contribution >= 0.6 is 23.6 Å². The number of methoxy groups -OCH3 is 1. The SMILES string of the molecule is COc1ccc2sc(=S)[nH]c2c1.[Cu]. The van der Waals surface area contributed by atoms with E-state index in [-0.39, 0.29) is 17.1 Å². The van der Waals surface area contributed by atoms with E-state index in [2.05, 4.69) is 4.98 Å². The minimum Gasteiger partial charge on any atom is -0.497 e. The smallest absolute Gasteiger partial charge is 0.159 e. The van der Waals surface area contributed by atoms with Crippen LogP contribution in [0.2, 0.25) is 0 Å². The summed E-state index contributed by atoms with van der Waals surface area (Å²) in [5.74, 6) is 0.853. The normalized spacial score (nSPS) is 9.62. The Hall–Kier alpha value is -0.351. The quantitative estimate of drug-likeness (QED) is 0.630. The van der Waals surface area contributed by atoms with Gasteiger partial charge in [0, 0.05) is 23.1 Å². The number of hydrogen-bond donors (Lipinski definition) is 1. The van der Waals surface area contributed by atoms with Crippen LogP contribution in [0.1, 0.15) is 0 Å². The van der Waals surface area contributed by atoms with Crippen LogP contribution < -0.4 is 4.74 Å². The zero-order valence-electron chi connectivity index (χ0n) is 6.76. The number of aromatic nitrogens is 1. The zero-order chi connectivity index (χ0) is 8.55. The summed E-state index contributed by atoms with van der Waals surface area (Å²) in [4.78, 5) is 3.09. The van der Waals surface area contributed by atoms with Gasteiger partial charge in [0.1, 0.15) is 5.75 Å². The minimum atomic E-state index is 0. The van der Waals surface area contributed by atoms with E-state index < -0.39 is 0 Å². The largest absolute Gasteiger partial charge is 0.497 e. The summed E-state index contributed by atoms with van der Waals surface area (Å²) in [6.07, 6.45) is 0. The van der Waals surface area contributed by atoms with Gasteiger partial charge in [0.25, 0.3) is 0 Å². The molecule has 1 aromatic carbocycles. The van der Waals surface area contributed by atoms with Crippen molar-refractivity contribution >= 4 is 33.8 Å². The van der Waals surface area contributed by atoms with Gasteiger partial charge in [-0.05, 0) is 24.4 Å². The molecular formula is C8H7CuNOS2. The number of thiazole rings is 1. The zero-order valence-corrected chi connectivity index (χ0v) is 9.33. The molecule has 1 N–H and O–H groups in total. The van der Waals surface area contributed by atoms with E-state index in [1.807, 2.05) is 18.2 Å². The standard InChI is InChI=1S/C8H7NOS2.Cu/c1-10-5-2-3-7-6(4-5)9-8(11)12-7;/h2-4H,1H3,(H,9,11);. The van der Waals surface area contributed by atoms with E-state index in [0.29, 0.717) is 0 Å². The van der Waals surface area contributed by atoms with Crippen LogP contribution in [-0.2, 0) is 17.1 Å². The van der Waals surface area contributed by atoms with Crippen molar-refractivity contribution in [2.24, 2.45) is 0 Å². The van der Waals surface area contributed by atoms with Crippen molar-refractivity contribution in [3.8, 4) is 5.75 Å². The van der Waals surface area contributed by atoms with Crippen LogP contribution in [-0.4, -0.2) is 12.1 Å². The van der Waals surface area contributed by atoms with Crippen LogP contribution in [0, 0.1) is 3.95 Å². The Balaban J connectivity index is 0.000000845. The molecule has 5 heteroatoms. The van der Waals surface area contributed by atoms with Crippen LogP contribution in [0.3, 0.4) is 0 Å². The van der Waals surface area contributed by atoms with Crippen molar-refractivity contribution < 1.29 is 21.8 Å². The summed E-state index contributed by atoms with van der Waals surface area (Å²) in [5.41, 5.74) is 1.05. The molecule has 2 rings (SSSR count). The first-order valence-electron chi connectivity index (χ1n) is 3.46. The van der Waals surface area contributed by atoms with Crippen LogP contribution in [0.4, 0.5) is 0 Å². The Morgan fingerprint density at radius 3 is 2.92 bits per heavy atom. The van der Waals surface area contributed by atoms with Crippen molar-refractivity contribution in [2.45, 2.75) is 0 Å². The molecule has 1 radical (unpaired) electrons. The first-order chi connectivity index (χ1) is 5.79. The second-order valence-electron chi connectivity index (χ2n) is 2.38. The van der Waals surface area contributed by atoms with Crippen molar-refractivity contribution in [3.63, 3.8) is 0 Å². The van der Waals surface area contributed by atoms with Crippen molar-refractivity contribution in [2.75, 3.05) is 7.11 Å². The van der Waals surface area contributed by atoms with E-state index >= 15 is 0 Å². The molecule has 0 saturated carbocycles. The third-order valence-corrected chi connectivity index (χ3v) is 2.84. The Labute approximate surface area is 95.4 Å². The molecule has 13 heavy (non-hydrogen) atoms. The van der Waals surface area contributed by atoms with Gasteiger partial charge in [-0.3, -0.25) is 0 Å². The van der Waals surface area contributed by atoms with Crippen LogP contribution in [0.5, 0.6) is 5.75 Å². The second kappa shape index (κ2) is 4.24. The van der Waals surface area contributed by atoms with Gasteiger partial charge in [0.05, 0.1) is 17.3 Å². The van der Waals surface area contributed by atoms with Gasteiger partial charge in [-0.1, -0.05) is 0 Å². The number of benzene rings is 1. The monoisotopic (exact) mass is 260 g/mol. The van der Waals surface area contributed by atoms with Crippen LogP contribution in [0.15, 0.2) is 18.2 Å². The van der Waals surface area contributed by atoms with Gasteiger partial charge >= 0.3 is 0 Å². The van der Waals surface area contributed by atoms with Gasteiger partial charge in [0.2, 0.25) is 0 Å². The molecule has 0 saturated heterocycles. The van der Waals surface area contributed by atoms with Crippen molar-refractivity contribution in [1.29, 1.82) is 0 Å². The minimum absolute atomic E-state index is 0. The Kier molecular flexibility index (Phi) is 3.50. The molecule has 2 nitrogen and oxygen atoms in total. The maximum absolute atomic E-state index is 5.08. The predicted molar refractivity (Wildman–Crippen MR) is 53.6 cm³/mol. The summed E-state index contributed by atoms with van der Waals surface area (Å²) in [5, 5.41) is 0. The van der Waals surface area contributed by atoms with Crippen LogP contribution in [0.25, 0.3) is 10.2 Å². The molecule has 0 amide bonds. The third-order valence-electron chi connectivity index (χ3n) is 1.63. The fourth-order valence-corrected chi connectivity index (χ4v) is 2.15. The Morgan fingerprint density at radius 2 is 2.23 bits per heavy atom. The average molecular weight is 261 g/mol. The molecule has 0 aliphatic carbocycles. The molecule has 2 aromatic rings. The molecule has 0 bridgehead atoms.